The molecule has 1 aliphatic carbocycles. The van der Waals surface area contributed by atoms with Crippen LogP contribution in [0.4, 0.5) is 0 Å². The molecule has 0 unspecified atom stereocenters. The summed E-state index contributed by atoms with van der Waals surface area (Å²) in [6, 6.07) is 151. The molecular formula is C129H75N9OS4. The van der Waals surface area contributed by atoms with Gasteiger partial charge >= 0.3 is 0 Å². The Hall–Kier alpha value is -17.5. The molecule has 11 heterocycles. The van der Waals surface area contributed by atoms with Crippen molar-refractivity contribution in [1.29, 1.82) is 0 Å². The van der Waals surface area contributed by atoms with Crippen molar-refractivity contribution in [3.8, 4) is 62.9 Å². The first kappa shape index (κ1) is 80.4. The second-order valence-electron chi connectivity index (χ2n) is 38.2. The van der Waals surface area contributed by atoms with Gasteiger partial charge in [-0.1, -0.05) is 317 Å². The van der Waals surface area contributed by atoms with Gasteiger partial charge in [0.15, 0.2) is 5.58 Å². The van der Waals surface area contributed by atoms with Crippen LogP contribution in [0.2, 0.25) is 0 Å². The largest absolute Gasteiger partial charge is 0.452 e. The summed E-state index contributed by atoms with van der Waals surface area (Å²) in [4.78, 5) is 32.9. The second-order valence-corrected chi connectivity index (χ2v) is 42.5. The van der Waals surface area contributed by atoms with Gasteiger partial charge in [-0.05, 0) is 175 Å². The molecule has 0 radical (unpaired) electrons. The number of benzene rings is 21. The van der Waals surface area contributed by atoms with Gasteiger partial charge in [0.2, 0.25) is 17.8 Å². The summed E-state index contributed by atoms with van der Waals surface area (Å²) in [7, 11) is 0. The fourth-order valence-electron chi connectivity index (χ4n) is 23.3. The van der Waals surface area contributed by atoms with Gasteiger partial charge in [-0.25, -0.2) is 29.9 Å². The predicted octanol–water partition coefficient (Wildman–Crippen LogP) is 36.3. The number of nitrogens with zero attached hydrogens (tertiary/aromatic N) is 9. The fourth-order valence-corrected chi connectivity index (χ4v) is 27.7. The van der Waals surface area contributed by atoms with Gasteiger partial charge in [-0.3, -0.25) is 13.7 Å². The highest BCUT2D eigenvalue weighted by molar-refractivity contribution is 7.27. The van der Waals surface area contributed by atoms with Crippen LogP contribution in [0.15, 0.2) is 423 Å². The quantitative estimate of drug-likeness (QED) is 0.163. The molecule has 14 heteroatoms. The molecule has 32 aromatic rings. The summed E-state index contributed by atoms with van der Waals surface area (Å²) >= 11 is 7.29. The molecule has 0 fully saturated rings. The molecule has 0 saturated heterocycles. The number of para-hydroxylation sites is 1. The first-order chi connectivity index (χ1) is 70.6. The number of furan rings is 1. The van der Waals surface area contributed by atoms with E-state index in [9.17, 15) is 0 Å². The average Bonchev–Trinajstić information content (AvgIpc) is 1.54. The Morgan fingerprint density at radius 3 is 1.15 bits per heavy atom. The summed E-state index contributed by atoms with van der Waals surface area (Å²) in [5.41, 5.74) is 20.4. The van der Waals surface area contributed by atoms with Crippen molar-refractivity contribution in [2.45, 2.75) is 19.3 Å². The third-order valence-electron chi connectivity index (χ3n) is 29.9. The van der Waals surface area contributed by atoms with Gasteiger partial charge < -0.3 is 4.42 Å². The van der Waals surface area contributed by atoms with Crippen LogP contribution in [-0.2, 0) is 5.41 Å². The van der Waals surface area contributed by atoms with Gasteiger partial charge in [0.25, 0.3) is 0 Å². The van der Waals surface area contributed by atoms with Crippen molar-refractivity contribution < 1.29 is 4.42 Å². The zero-order valence-corrected chi connectivity index (χ0v) is 80.2. The van der Waals surface area contributed by atoms with Crippen LogP contribution in [0.1, 0.15) is 25.0 Å². The zero-order chi connectivity index (χ0) is 93.7. The Balaban J connectivity index is 0.0000000981. The van der Waals surface area contributed by atoms with Gasteiger partial charge in [-0.2, -0.15) is 0 Å². The summed E-state index contributed by atoms with van der Waals surface area (Å²) in [6.45, 7) is 4.64. The lowest BCUT2D eigenvalue weighted by Gasteiger charge is -2.24. The van der Waals surface area contributed by atoms with Crippen LogP contribution < -0.4 is 0 Å². The lowest BCUT2D eigenvalue weighted by atomic mass is 9.81. The molecule has 0 aliphatic heterocycles. The molecular weight excluding hydrogens is 1820 g/mol. The Morgan fingerprint density at radius 2 is 0.601 bits per heavy atom. The van der Waals surface area contributed by atoms with Crippen LogP contribution >= 0.6 is 45.3 Å². The van der Waals surface area contributed by atoms with Gasteiger partial charge in [-0.15, -0.1) is 45.3 Å². The first-order valence-electron chi connectivity index (χ1n) is 48.3. The number of hydrogen-bond donors (Lipinski definition) is 0. The second kappa shape index (κ2) is 30.8. The smallest absolute Gasteiger partial charge is 0.236 e. The summed E-state index contributed by atoms with van der Waals surface area (Å²) < 4.78 is 23.5. The fraction of sp³-hybridized carbons (Fsp3) is 0.0233. The number of rotatable bonds is 6. The molecule has 0 bridgehead atoms. The molecule has 0 atom stereocenters. The number of fused-ring (bicyclic) bond motifs is 36. The average molecular weight is 1900 g/mol. The highest BCUT2D eigenvalue weighted by Gasteiger charge is 2.41. The minimum absolute atomic E-state index is 0.269. The summed E-state index contributed by atoms with van der Waals surface area (Å²) in [6.07, 6.45) is 0. The van der Waals surface area contributed by atoms with Crippen molar-refractivity contribution in [3.05, 3.63) is 430 Å². The van der Waals surface area contributed by atoms with E-state index in [4.69, 9.17) is 34.3 Å². The van der Waals surface area contributed by atoms with Crippen LogP contribution in [0.3, 0.4) is 0 Å². The Morgan fingerprint density at radius 1 is 0.231 bits per heavy atom. The summed E-state index contributed by atoms with van der Waals surface area (Å²) in [5.74, 6) is 2.01. The minimum Gasteiger partial charge on any atom is -0.452 e. The summed E-state index contributed by atoms with van der Waals surface area (Å²) in [5, 5.41) is 31.4. The Labute approximate surface area is 831 Å². The molecule has 0 spiro atoms. The van der Waals surface area contributed by atoms with Crippen molar-refractivity contribution >= 4 is 278 Å². The Bertz CT molecular complexity index is 11200. The molecule has 0 amide bonds. The maximum absolute atomic E-state index is 6.55. The number of hydrogen-bond acceptors (Lipinski definition) is 11. The molecule has 1 aliphatic rings. The van der Waals surface area contributed by atoms with Crippen molar-refractivity contribution in [2.24, 2.45) is 0 Å². The van der Waals surface area contributed by atoms with E-state index in [-0.39, 0.29) is 5.41 Å². The molecule has 11 aromatic heterocycles. The molecule has 666 valence electrons. The number of aromatic nitrogens is 9. The van der Waals surface area contributed by atoms with Crippen LogP contribution in [0.25, 0.3) is 296 Å². The standard InChI is InChI=1S/C45H29N3S.C42H23N3OS.C42H23N3S2/c1-45(2)36-17-9-7-16-33(36)42-40(45)41(29-20-22-39-35(24-29)31-15-8-10-18-38(31)49-39)46-44(47-42)48-37-25-28-13-4-3-12-27(28)23-34(37)32-21-19-26-11-5-6-14-30(26)43(32)48;1-2-11-26-23-34-32(21-25(26)10-1)38-28-12-4-3-9-24(28)17-19-33(38)45(34)42-43-39(41-40(44-42)30-14-5-7-15-35(30)46-41)27-18-20-37-31(22-27)29-13-6-8-16-36(29)47-37;1-2-11-26-23-34-32(21-25(26)10-1)30-19-17-24-9-3-4-12-28(24)40(30)45(34)42-43-38(41-39(44-42)31-14-6-8-16-36(31)47-41)27-18-20-37-33(22-27)29-13-5-7-15-35(29)46-37/h3-25H,1-2H3;2*1-23H. The van der Waals surface area contributed by atoms with Gasteiger partial charge in [0.05, 0.1) is 60.4 Å². The maximum atomic E-state index is 6.55. The van der Waals surface area contributed by atoms with E-state index in [1.54, 1.807) is 11.3 Å². The van der Waals surface area contributed by atoms with E-state index < -0.39 is 0 Å². The SMILES string of the molecule is CC1(C)c2ccccc2-c2nc(-n3c4cc5ccccc5cc4c4ccc5ccccc5c43)nc(-c3ccc4sc5ccccc5c4c3)c21.c1ccc2cc3c(cc2c1)c1c2ccccc2ccc1n3-c1nc(-c2ccc3sc4ccccc4c3c2)c2oc3ccccc3c2n1.c1ccc2cc3c(cc2c1)c1ccc2ccccc2c1n3-c1nc(-c2ccc3sc4ccccc4c3c2)c2sc3ccccc3c2n1. The minimum atomic E-state index is -0.269. The van der Waals surface area contributed by atoms with E-state index in [1.165, 1.54) is 179 Å². The third kappa shape index (κ3) is 12.1. The van der Waals surface area contributed by atoms with E-state index in [0.29, 0.717) is 23.4 Å². The van der Waals surface area contributed by atoms with Gasteiger partial charge in [0, 0.05) is 152 Å². The molecule has 10 nitrogen and oxygen atoms in total. The topological polar surface area (TPSA) is 105 Å². The molecule has 0 saturated carbocycles. The maximum Gasteiger partial charge on any atom is 0.236 e. The van der Waals surface area contributed by atoms with E-state index in [2.05, 4.69) is 428 Å². The van der Waals surface area contributed by atoms with Crippen molar-refractivity contribution in [1.82, 2.24) is 43.6 Å². The normalized spacial score (nSPS) is 12.7. The van der Waals surface area contributed by atoms with E-state index in [0.717, 1.165) is 105 Å². The molecule has 143 heavy (non-hydrogen) atoms. The first-order valence-corrected chi connectivity index (χ1v) is 51.6. The lowest BCUT2D eigenvalue weighted by molar-refractivity contribution is 0.657. The molecule has 0 N–H and O–H groups in total. The molecule has 33 rings (SSSR count). The third-order valence-corrected chi connectivity index (χ3v) is 34.5. The van der Waals surface area contributed by atoms with Crippen LogP contribution in [0, 0.1) is 0 Å². The van der Waals surface area contributed by atoms with Crippen molar-refractivity contribution in [3.63, 3.8) is 0 Å². The molecule has 21 aromatic carbocycles. The monoisotopic (exact) mass is 1890 g/mol. The van der Waals surface area contributed by atoms with Crippen LogP contribution in [0.5, 0.6) is 0 Å². The highest BCUT2D eigenvalue weighted by atomic mass is 32.1. The predicted molar refractivity (Wildman–Crippen MR) is 607 cm³/mol. The van der Waals surface area contributed by atoms with Crippen molar-refractivity contribution in [2.75, 3.05) is 0 Å². The van der Waals surface area contributed by atoms with E-state index >= 15 is 0 Å². The number of thiophene rings is 4. The van der Waals surface area contributed by atoms with E-state index in [1.807, 2.05) is 52.2 Å². The Kier molecular flexibility index (Phi) is 17.3. The van der Waals surface area contributed by atoms with Gasteiger partial charge in [0.1, 0.15) is 16.8 Å². The highest BCUT2D eigenvalue weighted by Crippen LogP contribution is 2.54. The van der Waals surface area contributed by atoms with Crippen LogP contribution in [-0.4, -0.2) is 43.6 Å². The lowest BCUT2D eigenvalue weighted by Crippen LogP contribution is -2.18. The zero-order valence-electron chi connectivity index (χ0n) is 76.9.